The molecule has 1 aromatic heterocycles. The Balaban J connectivity index is 2.36. The van der Waals surface area contributed by atoms with Crippen LogP contribution in [0.2, 0.25) is 0 Å². The van der Waals surface area contributed by atoms with Gasteiger partial charge in [-0.25, -0.2) is 4.98 Å². The van der Waals surface area contributed by atoms with E-state index in [1.807, 2.05) is 12.3 Å². The minimum Gasteiger partial charge on any atom is -0.382 e. The topological polar surface area (TPSA) is 60.5 Å². The van der Waals surface area contributed by atoms with E-state index in [-0.39, 0.29) is 18.6 Å². The molecular weight excluding hydrogens is 264 g/mol. The molecule has 19 heavy (non-hydrogen) atoms. The molecule has 0 aromatic carbocycles. The molecule has 1 unspecified atom stereocenters. The SMILES string of the molecule is COCCOCC(=O)NC(C)c1csc(C(C)C)n1. The minimum absolute atomic E-state index is 0.0505. The van der Waals surface area contributed by atoms with Crippen LogP contribution in [0.5, 0.6) is 0 Å². The maximum Gasteiger partial charge on any atom is 0.246 e. The van der Waals surface area contributed by atoms with Crippen molar-refractivity contribution in [3.8, 4) is 0 Å². The first-order valence-electron chi connectivity index (χ1n) is 6.36. The second-order valence-electron chi connectivity index (χ2n) is 4.60. The third kappa shape index (κ3) is 5.67. The summed E-state index contributed by atoms with van der Waals surface area (Å²) in [5.74, 6) is 0.279. The van der Waals surface area contributed by atoms with Gasteiger partial charge >= 0.3 is 0 Å². The summed E-state index contributed by atoms with van der Waals surface area (Å²) in [7, 11) is 1.60. The first-order chi connectivity index (χ1) is 9.04. The van der Waals surface area contributed by atoms with Crippen LogP contribution < -0.4 is 5.32 Å². The monoisotopic (exact) mass is 286 g/mol. The van der Waals surface area contributed by atoms with Gasteiger partial charge in [0.25, 0.3) is 0 Å². The van der Waals surface area contributed by atoms with Crippen molar-refractivity contribution >= 4 is 17.2 Å². The average molecular weight is 286 g/mol. The van der Waals surface area contributed by atoms with Crippen molar-refractivity contribution in [2.24, 2.45) is 0 Å². The number of amides is 1. The summed E-state index contributed by atoms with van der Waals surface area (Å²) in [6, 6.07) is -0.0951. The number of carbonyl (C=O) groups is 1. The molecule has 1 aromatic rings. The smallest absolute Gasteiger partial charge is 0.246 e. The summed E-state index contributed by atoms with van der Waals surface area (Å²) >= 11 is 1.63. The maximum absolute atomic E-state index is 11.6. The van der Waals surface area contributed by atoms with Gasteiger partial charge in [-0.3, -0.25) is 4.79 Å². The predicted octanol–water partition coefficient (Wildman–Crippen LogP) is 2.11. The van der Waals surface area contributed by atoms with Gasteiger partial charge in [0.1, 0.15) is 6.61 Å². The van der Waals surface area contributed by atoms with Crippen molar-refractivity contribution in [1.29, 1.82) is 0 Å². The van der Waals surface area contributed by atoms with Crippen LogP contribution in [-0.2, 0) is 14.3 Å². The lowest BCUT2D eigenvalue weighted by Gasteiger charge is -2.11. The second-order valence-corrected chi connectivity index (χ2v) is 5.49. The molecule has 1 atom stereocenters. The van der Waals surface area contributed by atoms with Crippen LogP contribution >= 0.6 is 11.3 Å². The van der Waals surface area contributed by atoms with Gasteiger partial charge in [0, 0.05) is 18.4 Å². The van der Waals surface area contributed by atoms with Crippen molar-refractivity contribution in [1.82, 2.24) is 10.3 Å². The van der Waals surface area contributed by atoms with E-state index in [4.69, 9.17) is 9.47 Å². The fourth-order valence-corrected chi connectivity index (χ4v) is 2.36. The Labute approximate surface area is 118 Å². The maximum atomic E-state index is 11.6. The van der Waals surface area contributed by atoms with Crippen molar-refractivity contribution in [2.75, 3.05) is 26.9 Å². The molecule has 6 heteroatoms. The molecule has 1 N–H and O–H groups in total. The zero-order chi connectivity index (χ0) is 14.3. The van der Waals surface area contributed by atoms with Crippen molar-refractivity contribution in [3.05, 3.63) is 16.1 Å². The Morgan fingerprint density at radius 3 is 2.74 bits per heavy atom. The van der Waals surface area contributed by atoms with Crippen LogP contribution in [0, 0.1) is 0 Å². The van der Waals surface area contributed by atoms with Gasteiger partial charge in [-0.1, -0.05) is 13.8 Å². The zero-order valence-corrected chi connectivity index (χ0v) is 12.8. The van der Waals surface area contributed by atoms with E-state index in [0.717, 1.165) is 10.7 Å². The molecule has 0 aliphatic rings. The molecule has 0 saturated carbocycles. The molecule has 0 bridgehead atoms. The normalized spacial score (nSPS) is 12.7. The standard InChI is InChI=1S/C13H22N2O3S/c1-9(2)13-15-11(8-19-13)10(3)14-12(16)7-18-6-5-17-4/h8-10H,5-7H2,1-4H3,(H,14,16). The molecule has 1 heterocycles. The Bertz CT molecular complexity index is 393. The highest BCUT2D eigenvalue weighted by Gasteiger charge is 2.14. The Hall–Kier alpha value is -0.980. The van der Waals surface area contributed by atoms with Crippen molar-refractivity contribution in [3.63, 3.8) is 0 Å². The molecular formula is C13H22N2O3S. The number of aromatic nitrogens is 1. The van der Waals surface area contributed by atoms with Crippen LogP contribution in [0.4, 0.5) is 0 Å². The number of ether oxygens (including phenoxy) is 2. The number of rotatable bonds is 8. The van der Waals surface area contributed by atoms with E-state index in [9.17, 15) is 4.79 Å². The summed E-state index contributed by atoms with van der Waals surface area (Å²) in [6.07, 6.45) is 0. The Kier molecular flexibility index (Phi) is 6.97. The molecule has 108 valence electrons. The van der Waals surface area contributed by atoms with E-state index in [1.165, 1.54) is 0 Å². The largest absolute Gasteiger partial charge is 0.382 e. The van der Waals surface area contributed by atoms with Crippen LogP contribution in [-0.4, -0.2) is 37.8 Å². The number of thiazole rings is 1. The zero-order valence-electron chi connectivity index (χ0n) is 11.9. The van der Waals surface area contributed by atoms with Gasteiger partial charge in [-0.2, -0.15) is 0 Å². The predicted molar refractivity (Wildman–Crippen MR) is 75.5 cm³/mol. The fourth-order valence-electron chi connectivity index (χ4n) is 1.43. The number of carbonyl (C=O) groups excluding carboxylic acids is 1. The van der Waals surface area contributed by atoms with Gasteiger partial charge in [-0.15, -0.1) is 11.3 Å². The summed E-state index contributed by atoms with van der Waals surface area (Å²) in [6.45, 7) is 7.10. The van der Waals surface area contributed by atoms with E-state index in [0.29, 0.717) is 19.1 Å². The van der Waals surface area contributed by atoms with E-state index >= 15 is 0 Å². The molecule has 0 aliphatic carbocycles. The first-order valence-corrected chi connectivity index (χ1v) is 7.24. The van der Waals surface area contributed by atoms with E-state index in [1.54, 1.807) is 18.4 Å². The minimum atomic E-state index is -0.136. The highest BCUT2D eigenvalue weighted by Crippen LogP contribution is 2.22. The van der Waals surface area contributed by atoms with Gasteiger partial charge in [0.2, 0.25) is 5.91 Å². The van der Waals surface area contributed by atoms with E-state index < -0.39 is 0 Å². The molecule has 0 saturated heterocycles. The van der Waals surface area contributed by atoms with Crippen molar-refractivity contribution < 1.29 is 14.3 Å². The van der Waals surface area contributed by atoms with Crippen molar-refractivity contribution in [2.45, 2.75) is 32.7 Å². The molecule has 0 fully saturated rings. The third-order valence-electron chi connectivity index (χ3n) is 2.52. The molecule has 1 amide bonds. The average Bonchev–Trinajstić information content (AvgIpc) is 2.84. The number of methoxy groups -OCH3 is 1. The summed E-state index contributed by atoms with van der Waals surface area (Å²) in [5, 5.41) is 5.95. The van der Waals surface area contributed by atoms with Crippen LogP contribution in [0.15, 0.2) is 5.38 Å². The summed E-state index contributed by atoms with van der Waals surface area (Å²) in [4.78, 5) is 16.1. The lowest BCUT2D eigenvalue weighted by atomic mass is 10.2. The van der Waals surface area contributed by atoms with Crippen LogP contribution in [0.1, 0.15) is 43.4 Å². The molecule has 0 radical (unpaired) electrons. The Morgan fingerprint density at radius 2 is 2.16 bits per heavy atom. The third-order valence-corrected chi connectivity index (χ3v) is 3.68. The first kappa shape index (κ1) is 16.1. The molecule has 0 spiro atoms. The molecule has 1 rings (SSSR count). The quantitative estimate of drug-likeness (QED) is 0.744. The van der Waals surface area contributed by atoms with Crippen LogP contribution in [0.3, 0.4) is 0 Å². The van der Waals surface area contributed by atoms with Gasteiger partial charge < -0.3 is 14.8 Å². The van der Waals surface area contributed by atoms with E-state index in [2.05, 4.69) is 24.1 Å². The van der Waals surface area contributed by atoms with Gasteiger partial charge in [0.15, 0.2) is 0 Å². The Morgan fingerprint density at radius 1 is 1.42 bits per heavy atom. The number of hydrogen-bond donors (Lipinski definition) is 1. The lowest BCUT2D eigenvalue weighted by molar-refractivity contribution is -0.126. The highest BCUT2D eigenvalue weighted by atomic mass is 32.1. The van der Waals surface area contributed by atoms with Gasteiger partial charge in [-0.05, 0) is 6.92 Å². The lowest BCUT2D eigenvalue weighted by Crippen LogP contribution is -2.30. The number of nitrogens with one attached hydrogen (secondary N) is 1. The summed E-state index contributed by atoms with van der Waals surface area (Å²) in [5.41, 5.74) is 0.902. The number of hydrogen-bond acceptors (Lipinski definition) is 5. The summed E-state index contributed by atoms with van der Waals surface area (Å²) < 4.78 is 10.00. The van der Waals surface area contributed by atoms with Crippen LogP contribution in [0.25, 0.3) is 0 Å². The molecule has 0 aliphatic heterocycles. The highest BCUT2D eigenvalue weighted by molar-refractivity contribution is 7.09. The van der Waals surface area contributed by atoms with Gasteiger partial charge in [0.05, 0.1) is 30.0 Å². The number of nitrogens with zero attached hydrogens (tertiary/aromatic N) is 1. The fraction of sp³-hybridized carbons (Fsp3) is 0.692. The second kappa shape index (κ2) is 8.24. The molecule has 5 nitrogen and oxygen atoms in total.